The second-order valence-corrected chi connectivity index (χ2v) is 10.2. The van der Waals surface area contributed by atoms with Crippen LogP contribution in [0, 0.1) is 0 Å². The van der Waals surface area contributed by atoms with Crippen LogP contribution in [0.15, 0.2) is 36.4 Å². The summed E-state index contributed by atoms with van der Waals surface area (Å²) in [7, 11) is 0. The van der Waals surface area contributed by atoms with Gasteiger partial charge in [-0.3, -0.25) is 19.2 Å². The van der Waals surface area contributed by atoms with Crippen LogP contribution in [0.25, 0.3) is 0 Å². The van der Waals surface area contributed by atoms with Crippen molar-refractivity contribution in [3.05, 3.63) is 46.4 Å². The maximum absolute atomic E-state index is 12.4. The van der Waals surface area contributed by atoms with Gasteiger partial charge in [-0.25, -0.2) is 0 Å². The molecule has 4 amide bonds. The summed E-state index contributed by atoms with van der Waals surface area (Å²) >= 11 is 12.4. The number of carbonyl (C=O) groups excluding carboxylic acids is 4. The van der Waals surface area contributed by atoms with E-state index in [1.807, 2.05) is 13.8 Å². The van der Waals surface area contributed by atoms with Gasteiger partial charge in [-0.1, -0.05) is 56.3 Å². The fraction of sp³-hybridized carbons (Fsp3) is 0.448. The number of amides is 4. The summed E-state index contributed by atoms with van der Waals surface area (Å²) < 4.78 is 0. The highest BCUT2D eigenvalue weighted by molar-refractivity contribution is 6.34. The fourth-order valence-electron chi connectivity index (χ4n) is 3.83. The van der Waals surface area contributed by atoms with Gasteiger partial charge in [0.25, 0.3) is 0 Å². The molecule has 0 saturated carbocycles. The van der Waals surface area contributed by atoms with Crippen LogP contribution in [0.1, 0.15) is 84.5 Å². The predicted octanol–water partition coefficient (Wildman–Crippen LogP) is 7.78. The molecule has 2 aromatic rings. The largest absolute Gasteiger partial charge is 0.326 e. The Labute approximate surface area is 240 Å². The first-order valence-electron chi connectivity index (χ1n) is 13.5. The quantitative estimate of drug-likeness (QED) is 0.153. The minimum absolute atomic E-state index is 0.0830. The van der Waals surface area contributed by atoms with Crippen LogP contribution in [-0.4, -0.2) is 23.6 Å². The lowest BCUT2D eigenvalue weighted by Crippen LogP contribution is -2.13. The molecule has 0 aromatic heterocycles. The first-order valence-corrected chi connectivity index (χ1v) is 14.3. The Kier molecular flexibility index (Phi) is 14.4. The van der Waals surface area contributed by atoms with E-state index in [0.29, 0.717) is 71.3 Å². The maximum Gasteiger partial charge on any atom is 0.224 e. The summed E-state index contributed by atoms with van der Waals surface area (Å²) in [4.78, 5) is 48.3. The molecule has 212 valence electrons. The van der Waals surface area contributed by atoms with E-state index < -0.39 is 0 Å². The molecule has 0 aliphatic rings. The molecule has 0 saturated heterocycles. The lowest BCUT2D eigenvalue weighted by Gasteiger charge is -2.11. The molecular formula is C29H38Cl2N4O4. The molecule has 0 spiro atoms. The van der Waals surface area contributed by atoms with Crippen molar-refractivity contribution < 1.29 is 19.2 Å². The Hall–Kier alpha value is -3.10. The number of halogens is 2. The Balaban J connectivity index is 1.65. The second kappa shape index (κ2) is 17.5. The van der Waals surface area contributed by atoms with Crippen molar-refractivity contribution in [2.45, 2.75) is 84.5 Å². The van der Waals surface area contributed by atoms with Gasteiger partial charge in [-0.15, -0.1) is 0 Å². The normalized spacial score (nSPS) is 10.6. The molecule has 2 rings (SSSR count). The van der Waals surface area contributed by atoms with Gasteiger partial charge in [0.15, 0.2) is 0 Å². The van der Waals surface area contributed by atoms with Crippen molar-refractivity contribution in [1.82, 2.24) is 0 Å². The van der Waals surface area contributed by atoms with Gasteiger partial charge in [0.05, 0.1) is 21.4 Å². The van der Waals surface area contributed by atoms with E-state index in [1.54, 1.807) is 36.4 Å². The molecule has 0 atom stereocenters. The second-order valence-electron chi connectivity index (χ2n) is 9.35. The average molecular weight is 578 g/mol. The minimum atomic E-state index is -0.140. The van der Waals surface area contributed by atoms with Gasteiger partial charge in [0.1, 0.15) is 0 Å². The Morgan fingerprint density at radius 3 is 1.28 bits per heavy atom. The molecule has 10 heteroatoms. The third-order valence-corrected chi connectivity index (χ3v) is 6.47. The summed E-state index contributed by atoms with van der Waals surface area (Å²) in [6, 6.07) is 10.0. The van der Waals surface area contributed by atoms with Gasteiger partial charge < -0.3 is 21.3 Å². The molecule has 0 heterocycles. The maximum atomic E-state index is 12.4. The summed E-state index contributed by atoms with van der Waals surface area (Å²) in [5.74, 6) is -0.447. The summed E-state index contributed by atoms with van der Waals surface area (Å²) in [5.41, 5.74) is 2.11. The highest BCUT2D eigenvalue weighted by Crippen LogP contribution is 2.27. The van der Waals surface area contributed by atoms with Crippen LogP contribution >= 0.6 is 23.2 Å². The van der Waals surface area contributed by atoms with Gasteiger partial charge in [-0.05, 0) is 62.1 Å². The molecule has 0 aliphatic heterocycles. The molecule has 39 heavy (non-hydrogen) atoms. The van der Waals surface area contributed by atoms with Crippen LogP contribution in [0.3, 0.4) is 0 Å². The number of nitrogens with one attached hydrogen (secondary N) is 4. The van der Waals surface area contributed by atoms with E-state index in [0.717, 1.165) is 32.1 Å². The van der Waals surface area contributed by atoms with Crippen molar-refractivity contribution in [3.63, 3.8) is 0 Å². The molecular weight excluding hydrogens is 539 g/mol. The first kappa shape index (κ1) is 32.1. The van der Waals surface area contributed by atoms with E-state index in [1.165, 1.54) is 0 Å². The highest BCUT2D eigenvalue weighted by Gasteiger charge is 2.10. The zero-order chi connectivity index (χ0) is 28.6. The number of carbonyl (C=O) groups is 4. The van der Waals surface area contributed by atoms with E-state index in [9.17, 15) is 19.2 Å². The van der Waals surface area contributed by atoms with Crippen molar-refractivity contribution in [3.8, 4) is 0 Å². The number of unbranched alkanes of at least 4 members (excludes halogenated alkanes) is 4. The van der Waals surface area contributed by atoms with Crippen LogP contribution in [0.4, 0.5) is 22.7 Å². The van der Waals surface area contributed by atoms with E-state index in [2.05, 4.69) is 21.3 Å². The average Bonchev–Trinajstić information content (AvgIpc) is 2.87. The molecule has 4 N–H and O–H groups in total. The van der Waals surface area contributed by atoms with Crippen molar-refractivity contribution >= 4 is 69.6 Å². The minimum Gasteiger partial charge on any atom is -0.326 e. The molecule has 0 fully saturated rings. The molecule has 0 bridgehead atoms. The summed E-state index contributed by atoms with van der Waals surface area (Å²) in [6.45, 7) is 3.86. The first-order chi connectivity index (χ1) is 18.7. The number of anilines is 4. The third-order valence-electron chi connectivity index (χ3n) is 5.81. The van der Waals surface area contributed by atoms with E-state index >= 15 is 0 Å². The lowest BCUT2D eigenvalue weighted by atomic mass is 10.1. The van der Waals surface area contributed by atoms with Crippen LogP contribution < -0.4 is 21.3 Å². The SMILES string of the molecule is CCCC(=O)Nc1ccc(Cl)c(NC(=O)CCCCCCCC(=O)Nc2cc(NC(=O)CCC)ccc2Cl)c1. The van der Waals surface area contributed by atoms with Crippen LogP contribution in [-0.2, 0) is 19.2 Å². The lowest BCUT2D eigenvalue weighted by molar-refractivity contribution is -0.117. The van der Waals surface area contributed by atoms with Gasteiger partial charge in [-0.2, -0.15) is 0 Å². The van der Waals surface area contributed by atoms with Gasteiger partial charge in [0, 0.05) is 37.1 Å². The zero-order valence-electron chi connectivity index (χ0n) is 22.6. The van der Waals surface area contributed by atoms with Crippen molar-refractivity contribution in [2.75, 3.05) is 21.3 Å². The van der Waals surface area contributed by atoms with Gasteiger partial charge in [0.2, 0.25) is 23.6 Å². The third kappa shape index (κ3) is 12.5. The Morgan fingerprint density at radius 1 is 0.538 bits per heavy atom. The van der Waals surface area contributed by atoms with Crippen molar-refractivity contribution in [1.29, 1.82) is 0 Å². The predicted molar refractivity (Wildman–Crippen MR) is 160 cm³/mol. The van der Waals surface area contributed by atoms with Crippen molar-refractivity contribution in [2.24, 2.45) is 0 Å². The van der Waals surface area contributed by atoms with E-state index in [4.69, 9.17) is 23.2 Å². The Morgan fingerprint density at radius 2 is 0.897 bits per heavy atom. The van der Waals surface area contributed by atoms with E-state index in [-0.39, 0.29) is 23.6 Å². The molecule has 2 aromatic carbocycles. The zero-order valence-corrected chi connectivity index (χ0v) is 24.1. The molecule has 8 nitrogen and oxygen atoms in total. The van der Waals surface area contributed by atoms with Crippen LogP contribution in [0.5, 0.6) is 0 Å². The fourth-order valence-corrected chi connectivity index (χ4v) is 4.16. The number of hydrogen-bond acceptors (Lipinski definition) is 4. The smallest absolute Gasteiger partial charge is 0.224 e. The Bertz CT molecular complexity index is 1050. The number of benzene rings is 2. The molecule has 0 aliphatic carbocycles. The van der Waals surface area contributed by atoms with Gasteiger partial charge >= 0.3 is 0 Å². The highest BCUT2D eigenvalue weighted by atomic mass is 35.5. The standard InChI is InChI=1S/C29H38Cl2N4O4/c1-3-10-26(36)32-20-14-16-22(30)24(18-20)34-28(38)12-8-6-5-7-9-13-29(39)35-25-19-21(15-17-23(25)31)33-27(37)11-4-2/h14-19H,3-13H2,1-2H3,(H,32,36)(H,33,37)(H,34,38)(H,35,39). The number of hydrogen-bond donors (Lipinski definition) is 4. The number of rotatable bonds is 16. The topological polar surface area (TPSA) is 116 Å². The van der Waals surface area contributed by atoms with Crippen LogP contribution in [0.2, 0.25) is 10.0 Å². The summed E-state index contributed by atoms with van der Waals surface area (Å²) in [5, 5.41) is 12.0. The molecule has 0 radical (unpaired) electrons. The monoisotopic (exact) mass is 576 g/mol. The molecule has 0 unspecified atom stereocenters. The summed E-state index contributed by atoms with van der Waals surface area (Å²) in [6.07, 6.45) is 7.13.